The molecule has 24 heavy (non-hydrogen) atoms. The van der Waals surface area contributed by atoms with E-state index in [0.717, 1.165) is 0 Å². The normalized spacial score (nSPS) is 21.3. The van der Waals surface area contributed by atoms with E-state index in [4.69, 9.17) is 4.42 Å². The van der Waals surface area contributed by atoms with Crippen molar-refractivity contribution in [2.45, 2.75) is 38.7 Å². The molecule has 2 N–H and O–H groups in total. The molecular formula is C14H16F3N3O4. The van der Waals surface area contributed by atoms with E-state index in [-0.39, 0.29) is 18.1 Å². The lowest BCUT2D eigenvalue weighted by molar-refractivity contribution is -0.204. The standard InChI is InChI=1S/C14H16F3N3O4/c1-8(2)6-10(21)18-13(14(15,16)17)11(22)20(12(23)19-13)7-9-4-3-5-24-9/h3-5,8H,6-7H2,1-2H3,(H,18,21)(H,19,23)/t13-/m0/s1. The number of halogens is 3. The fourth-order valence-corrected chi connectivity index (χ4v) is 2.26. The molecule has 1 aliphatic heterocycles. The van der Waals surface area contributed by atoms with E-state index in [1.165, 1.54) is 18.4 Å². The van der Waals surface area contributed by atoms with Gasteiger partial charge in [0.1, 0.15) is 5.76 Å². The minimum absolute atomic E-state index is 0.130. The largest absolute Gasteiger partial charge is 0.467 e. The van der Waals surface area contributed by atoms with Crippen molar-refractivity contribution in [3.8, 4) is 0 Å². The van der Waals surface area contributed by atoms with Crippen molar-refractivity contribution in [2.24, 2.45) is 5.92 Å². The van der Waals surface area contributed by atoms with Gasteiger partial charge in [-0.25, -0.2) is 4.79 Å². The molecule has 0 bridgehead atoms. The molecule has 1 fully saturated rings. The summed E-state index contributed by atoms with van der Waals surface area (Å²) in [7, 11) is 0. The molecule has 1 saturated heterocycles. The van der Waals surface area contributed by atoms with Gasteiger partial charge in [-0.1, -0.05) is 13.8 Å². The molecule has 4 amide bonds. The summed E-state index contributed by atoms with van der Waals surface area (Å²) >= 11 is 0. The zero-order chi connectivity index (χ0) is 18.1. The van der Waals surface area contributed by atoms with Gasteiger partial charge in [-0.3, -0.25) is 19.8 Å². The molecule has 1 atom stereocenters. The third-order valence-electron chi connectivity index (χ3n) is 3.35. The van der Waals surface area contributed by atoms with E-state index in [2.05, 4.69) is 0 Å². The summed E-state index contributed by atoms with van der Waals surface area (Å²) in [6, 6.07) is 1.61. The monoisotopic (exact) mass is 347 g/mol. The van der Waals surface area contributed by atoms with Crippen molar-refractivity contribution in [3.05, 3.63) is 24.2 Å². The van der Waals surface area contributed by atoms with Crippen LogP contribution in [-0.4, -0.2) is 34.6 Å². The Bertz CT molecular complexity index is 642. The number of urea groups is 1. The number of rotatable bonds is 5. The van der Waals surface area contributed by atoms with E-state index >= 15 is 0 Å². The Hall–Kier alpha value is -2.52. The molecule has 1 aliphatic rings. The van der Waals surface area contributed by atoms with Crippen LogP contribution in [0.3, 0.4) is 0 Å². The van der Waals surface area contributed by atoms with E-state index in [1.54, 1.807) is 24.5 Å². The molecule has 7 nitrogen and oxygen atoms in total. The lowest BCUT2D eigenvalue weighted by Gasteiger charge is -2.30. The highest BCUT2D eigenvalue weighted by Gasteiger charge is 2.68. The van der Waals surface area contributed by atoms with Gasteiger partial charge < -0.3 is 9.73 Å². The van der Waals surface area contributed by atoms with Crippen molar-refractivity contribution in [2.75, 3.05) is 0 Å². The Kier molecular flexibility index (Phi) is 4.59. The number of nitrogens with one attached hydrogen (secondary N) is 2. The van der Waals surface area contributed by atoms with Crippen LogP contribution in [0.5, 0.6) is 0 Å². The first-order chi connectivity index (χ1) is 11.1. The quantitative estimate of drug-likeness (QED) is 0.794. The van der Waals surface area contributed by atoms with Crippen molar-refractivity contribution in [3.63, 3.8) is 0 Å². The predicted octanol–water partition coefficient (Wildman–Crippen LogP) is 1.75. The maximum Gasteiger partial charge on any atom is 0.440 e. The van der Waals surface area contributed by atoms with Crippen molar-refractivity contribution in [1.29, 1.82) is 0 Å². The number of hydrogen-bond donors (Lipinski definition) is 2. The summed E-state index contributed by atoms with van der Waals surface area (Å²) < 4.78 is 45.4. The smallest absolute Gasteiger partial charge is 0.440 e. The van der Waals surface area contributed by atoms with Gasteiger partial charge in [0.2, 0.25) is 5.91 Å². The lowest BCUT2D eigenvalue weighted by atomic mass is 10.1. The second kappa shape index (κ2) is 6.17. The minimum Gasteiger partial charge on any atom is -0.467 e. The number of imide groups is 1. The fourth-order valence-electron chi connectivity index (χ4n) is 2.26. The molecule has 0 spiro atoms. The van der Waals surface area contributed by atoms with E-state index < -0.39 is 36.2 Å². The van der Waals surface area contributed by atoms with Crippen molar-refractivity contribution in [1.82, 2.24) is 15.5 Å². The van der Waals surface area contributed by atoms with Crippen LogP contribution in [-0.2, 0) is 16.1 Å². The van der Waals surface area contributed by atoms with E-state index in [0.29, 0.717) is 4.90 Å². The van der Waals surface area contributed by atoms with Gasteiger partial charge in [0.05, 0.1) is 12.8 Å². The van der Waals surface area contributed by atoms with Gasteiger partial charge >= 0.3 is 12.2 Å². The molecule has 0 aromatic carbocycles. The highest BCUT2D eigenvalue weighted by atomic mass is 19.4. The Morgan fingerprint density at radius 2 is 2.08 bits per heavy atom. The number of amides is 4. The summed E-state index contributed by atoms with van der Waals surface area (Å²) in [5.41, 5.74) is -3.47. The summed E-state index contributed by atoms with van der Waals surface area (Å²) in [5, 5.41) is 3.20. The average molecular weight is 347 g/mol. The Morgan fingerprint density at radius 1 is 1.42 bits per heavy atom. The molecule has 2 heterocycles. The zero-order valence-electron chi connectivity index (χ0n) is 12.9. The van der Waals surface area contributed by atoms with Crippen LogP contribution in [0.1, 0.15) is 26.0 Å². The van der Waals surface area contributed by atoms with Gasteiger partial charge in [-0.05, 0) is 18.1 Å². The number of hydrogen-bond acceptors (Lipinski definition) is 4. The summed E-state index contributed by atoms with van der Waals surface area (Å²) in [5.74, 6) is -2.68. The van der Waals surface area contributed by atoms with Crippen molar-refractivity contribution >= 4 is 17.8 Å². The van der Waals surface area contributed by atoms with Gasteiger partial charge in [-0.15, -0.1) is 0 Å². The molecule has 132 valence electrons. The second-order valence-corrected chi connectivity index (χ2v) is 5.79. The van der Waals surface area contributed by atoms with Crippen molar-refractivity contribution < 1.29 is 32.0 Å². The minimum atomic E-state index is -5.20. The topological polar surface area (TPSA) is 91.7 Å². The fraction of sp³-hybridized carbons (Fsp3) is 0.500. The van der Waals surface area contributed by atoms with Crippen LogP contribution in [0, 0.1) is 5.92 Å². The SMILES string of the molecule is CC(C)CC(=O)N[C@]1(C(F)(F)F)NC(=O)N(Cc2ccco2)C1=O. The second-order valence-electron chi connectivity index (χ2n) is 5.79. The number of furan rings is 1. The molecule has 0 radical (unpaired) electrons. The number of nitrogens with zero attached hydrogens (tertiary/aromatic N) is 1. The lowest BCUT2D eigenvalue weighted by Crippen LogP contribution is -2.69. The van der Waals surface area contributed by atoms with Crippen LogP contribution in [0.25, 0.3) is 0 Å². The average Bonchev–Trinajstić information content (AvgIpc) is 3.00. The van der Waals surface area contributed by atoms with Gasteiger partial charge in [0.25, 0.3) is 11.6 Å². The van der Waals surface area contributed by atoms with Crippen LogP contribution in [0.15, 0.2) is 22.8 Å². The first-order valence-corrected chi connectivity index (χ1v) is 7.11. The molecule has 0 saturated carbocycles. The molecule has 0 unspecified atom stereocenters. The number of carbonyl (C=O) groups excluding carboxylic acids is 3. The van der Waals surface area contributed by atoms with Gasteiger partial charge in [0.15, 0.2) is 0 Å². The Labute approximate surface area is 135 Å². The zero-order valence-corrected chi connectivity index (χ0v) is 12.9. The van der Waals surface area contributed by atoms with Gasteiger partial charge in [0, 0.05) is 6.42 Å². The molecule has 0 aliphatic carbocycles. The predicted molar refractivity (Wildman–Crippen MR) is 74.2 cm³/mol. The molecule has 10 heteroatoms. The first kappa shape index (κ1) is 17.8. The molecular weight excluding hydrogens is 331 g/mol. The van der Waals surface area contributed by atoms with Crippen LogP contribution in [0.2, 0.25) is 0 Å². The molecule has 2 rings (SSSR count). The van der Waals surface area contributed by atoms with Crippen LogP contribution in [0.4, 0.5) is 18.0 Å². The number of alkyl halides is 3. The Morgan fingerprint density at radius 3 is 2.58 bits per heavy atom. The number of carbonyl (C=O) groups is 3. The maximum absolute atomic E-state index is 13.5. The summed E-state index contributed by atoms with van der Waals surface area (Å²) in [4.78, 5) is 36.3. The van der Waals surface area contributed by atoms with Crippen LogP contribution >= 0.6 is 0 Å². The summed E-state index contributed by atoms with van der Waals surface area (Å²) in [6.45, 7) is 2.80. The van der Waals surface area contributed by atoms with E-state index in [9.17, 15) is 27.6 Å². The highest BCUT2D eigenvalue weighted by Crippen LogP contribution is 2.34. The third kappa shape index (κ3) is 3.22. The first-order valence-electron chi connectivity index (χ1n) is 7.11. The molecule has 1 aromatic heterocycles. The third-order valence-corrected chi connectivity index (χ3v) is 3.35. The maximum atomic E-state index is 13.5. The van der Waals surface area contributed by atoms with Crippen LogP contribution < -0.4 is 10.6 Å². The Balaban J connectivity index is 2.29. The van der Waals surface area contributed by atoms with Gasteiger partial charge in [-0.2, -0.15) is 13.2 Å². The van der Waals surface area contributed by atoms with E-state index in [1.807, 2.05) is 0 Å². The summed E-state index contributed by atoms with van der Waals surface area (Å²) in [6.07, 6.45) is -4.17. The highest BCUT2D eigenvalue weighted by molar-refractivity contribution is 6.08. The molecule has 1 aromatic rings.